The molecule has 0 saturated carbocycles. The fourth-order valence-electron chi connectivity index (χ4n) is 2.11. The number of hydrogen-bond acceptors (Lipinski definition) is 2. The maximum atomic E-state index is 5.16. The molecule has 23 heavy (non-hydrogen) atoms. The van der Waals surface area contributed by atoms with Crippen molar-refractivity contribution in [1.82, 2.24) is 10.6 Å². The van der Waals surface area contributed by atoms with E-state index in [0.717, 1.165) is 50.5 Å². The average Bonchev–Trinajstić information content (AvgIpc) is 2.57. The summed E-state index contributed by atoms with van der Waals surface area (Å²) >= 11 is 0. The predicted molar refractivity (Wildman–Crippen MR) is 110 cm³/mol. The number of benzene rings is 1. The quantitative estimate of drug-likeness (QED) is 0.206. The molecule has 5 heteroatoms. The Balaban J connectivity index is 0.00000484. The molecule has 1 aromatic carbocycles. The molecule has 0 fully saturated rings. The predicted octanol–water partition coefficient (Wildman–Crippen LogP) is 3.77. The van der Waals surface area contributed by atoms with Crippen LogP contribution in [0.15, 0.2) is 41.4 Å². The van der Waals surface area contributed by atoms with Crippen LogP contribution < -0.4 is 15.4 Å². The highest BCUT2D eigenvalue weighted by molar-refractivity contribution is 14.0. The Bertz CT molecular complexity index is 458. The molecule has 0 spiro atoms. The lowest BCUT2D eigenvalue weighted by atomic mass is 10.1. The van der Waals surface area contributed by atoms with Crippen molar-refractivity contribution in [2.75, 3.05) is 27.2 Å². The Labute approximate surface area is 157 Å². The number of guanidine groups is 1. The summed E-state index contributed by atoms with van der Waals surface area (Å²) in [4.78, 5) is 4.22. The number of ether oxygens (including phenoxy) is 1. The third kappa shape index (κ3) is 10.2. The largest absolute Gasteiger partial charge is 0.497 e. The van der Waals surface area contributed by atoms with Crippen LogP contribution in [0.2, 0.25) is 0 Å². The normalized spacial score (nSPS) is 11.2. The first kappa shape index (κ1) is 21.8. The molecule has 0 aliphatic rings. The first-order chi connectivity index (χ1) is 10.8. The van der Waals surface area contributed by atoms with Crippen LogP contribution in [0.25, 0.3) is 0 Å². The Kier molecular flexibility index (Phi) is 13.6. The monoisotopic (exact) mass is 431 g/mol. The minimum atomic E-state index is 0. The van der Waals surface area contributed by atoms with Crippen LogP contribution >= 0.6 is 24.0 Å². The Morgan fingerprint density at radius 3 is 2.43 bits per heavy atom. The molecule has 0 unspecified atom stereocenters. The zero-order valence-corrected chi connectivity index (χ0v) is 16.8. The molecule has 0 saturated heterocycles. The number of halogens is 1. The Morgan fingerprint density at radius 1 is 1.13 bits per heavy atom. The highest BCUT2D eigenvalue weighted by Crippen LogP contribution is 2.12. The topological polar surface area (TPSA) is 45.7 Å². The van der Waals surface area contributed by atoms with E-state index in [2.05, 4.69) is 39.9 Å². The smallest absolute Gasteiger partial charge is 0.190 e. The van der Waals surface area contributed by atoms with Crippen LogP contribution in [-0.4, -0.2) is 33.2 Å². The van der Waals surface area contributed by atoms with Crippen LogP contribution in [0, 0.1) is 0 Å². The summed E-state index contributed by atoms with van der Waals surface area (Å²) in [7, 11) is 3.50. The number of aliphatic imine (C=N–C) groups is 1. The highest BCUT2D eigenvalue weighted by Gasteiger charge is 1.97. The highest BCUT2D eigenvalue weighted by atomic mass is 127. The van der Waals surface area contributed by atoms with Gasteiger partial charge in [-0.15, -0.1) is 24.0 Å². The molecule has 130 valence electrons. The SMILES string of the molecule is C/C=C/CCNC(=NC)NCCCCc1ccc(OC)cc1.I. The molecule has 1 rings (SSSR count). The average molecular weight is 431 g/mol. The molecule has 0 aromatic heterocycles. The zero-order chi connectivity index (χ0) is 16.0. The van der Waals surface area contributed by atoms with Crippen LogP contribution in [0.5, 0.6) is 5.75 Å². The van der Waals surface area contributed by atoms with Crippen LogP contribution in [0.3, 0.4) is 0 Å². The lowest BCUT2D eigenvalue weighted by molar-refractivity contribution is 0.414. The number of unbranched alkanes of at least 4 members (excludes halogenated alkanes) is 1. The van der Waals surface area contributed by atoms with E-state index in [0.29, 0.717) is 0 Å². The van der Waals surface area contributed by atoms with E-state index in [9.17, 15) is 0 Å². The second-order valence-corrected chi connectivity index (χ2v) is 5.09. The first-order valence-electron chi connectivity index (χ1n) is 7.98. The van der Waals surface area contributed by atoms with Gasteiger partial charge in [-0.3, -0.25) is 4.99 Å². The maximum Gasteiger partial charge on any atom is 0.190 e. The number of allylic oxidation sites excluding steroid dienone is 1. The minimum absolute atomic E-state index is 0. The molecule has 0 atom stereocenters. The van der Waals surface area contributed by atoms with Gasteiger partial charge in [-0.25, -0.2) is 0 Å². The Morgan fingerprint density at radius 2 is 1.83 bits per heavy atom. The van der Waals surface area contributed by atoms with E-state index >= 15 is 0 Å². The molecule has 0 amide bonds. The van der Waals surface area contributed by atoms with Crippen molar-refractivity contribution in [3.63, 3.8) is 0 Å². The van der Waals surface area contributed by atoms with Gasteiger partial charge < -0.3 is 15.4 Å². The van der Waals surface area contributed by atoms with Crippen molar-refractivity contribution in [2.45, 2.75) is 32.6 Å². The van der Waals surface area contributed by atoms with Gasteiger partial charge in [0.05, 0.1) is 7.11 Å². The fraction of sp³-hybridized carbons (Fsp3) is 0.500. The number of nitrogens with one attached hydrogen (secondary N) is 2. The van der Waals surface area contributed by atoms with E-state index in [1.807, 2.05) is 26.1 Å². The third-order valence-corrected chi connectivity index (χ3v) is 3.41. The first-order valence-corrected chi connectivity index (χ1v) is 7.98. The van der Waals surface area contributed by atoms with Gasteiger partial charge in [-0.2, -0.15) is 0 Å². The summed E-state index contributed by atoms with van der Waals surface area (Å²) in [6.45, 7) is 3.89. The molecule has 0 heterocycles. The molecule has 0 radical (unpaired) electrons. The van der Waals surface area contributed by atoms with Crippen LogP contribution in [0.4, 0.5) is 0 Å². The van der Waals surface area contributed by atoms with Gasteiger partial charge in [0.25, 0.3) is 0 Å². The molecule has 4 nitrogen and oxygen atoms in total. The van der Waals surface area contributed by atoms with Gasteiger partial charge in [0.1, 0.15) is 5.75 Å². The van der Waals surface area contributed by atoms with Gasteiger partial charge in [-0.1, -0.05) is 24.3 Å². The second kappa shape index (κ2) is 14.4. The van der Waals surface area contributed by atoms with Gasteiger partial charge in [0, 0.05) is 20.1 Å². The van der Waals surface area contributed by atoms with Gasteiger partial charge in [0.2, 0.25) is 0 Å². The van der Waals surface area contributed by atoms with Crippen molar-refractivity contribution < 1.29 is 4.74 Å². The van der Waals surface area contributed by atoms with Gasteiger partial charge in [0.15, 0.2) is 5.96 Å². The van der Waals surface area contributed by atoms with Crippen molar-refractivity contribution in [3.8, 4) is 5.75 Å². The summed E-state index contributed by atoms with van der Waals surface area (Å²) in [6, 6.07) is 8.30. The lowest BCUT2D eigenvalue weighted by Gasteiger charge is -2.11. The summed E-state index contributed by atoms with van der Waals surface area (Å²) in [6.07, 6.45) is 8.62. The molecule has 2 N–H and O–H groups in total. The van der Waals surface area contributed by atoms with Crippen molar-refractivity contribution in [2.24, 2.45) is 4.99 Å². The van der Waals surface area contributed by atoms with Crippen LogP contribution in [-0.2, 0) is 6.42 Å². The summed E-state index contributed by atoms with van der Waals surface area (Å²) in [5.74, 6) is 1.80. The molecular weight excluding hydrogens is 401 g/mol. The van der Waals surface area contributed by atoms with Gasteiger partial charge in [-0.05, 0) is 50.3 Å². The third-order valence-electron chi connectivity index (χ3n) is 3.41. The Hall–Kier alpha value is -1.24. The van der Waals surface area contributed by atoms with Crippen molar-refractivity contribution in [3.05, 3.63) is 42.0 Å². The zero-order valence-electron chi connectivity index (χ0n) is 14.5. The molecule has 1 aromatic rings. The number of methoxy groups -OCH3 is 1. The number of rotatable bonds is 9. The summed E-state index contributed by atoms with van der Waals surface area (Å²) in [5, 5.41) is 6.64. The minimum Gasteiger partial charge on any atom is -0.497 e. The summed E-state index contributed by atoms with van der Waals surface area (Å²) in [5.41, 5.74) is 1.36. The molecule has 0 bridgehead atoms. The second-order valence-electron chi connectivity index (χ2n) is 5.09. The van der Waals surface area contributed by atoms with Crippen molar-refractivity contribution in [1.29, 1.82) is 0 Å². The lowest BCUT2D eigenvalue weighted by Crippen LogP contribution is -2.38. The van der Waals surface area contributed by atoms with E-state index in [4.69, 9.17) is 4.74 Å². The van der Waals surface area contributed by atoms with Crippen LogP contribution in [0.1, 0.15) is 31.7 Å². The van der Waals surface area contributed by atoms with E-state index in [1.165, 1.54) is 5.56 Å². The number of hydrogen-bond donors (Lipinski definition) is 2. The summed E-state index contributed by atoms with van der Waals surface area (Å²) < 4.78 is 5.16. The van der Waals surface area contributed by atoms with Crippen molar-refractivity contribution >= 4 is 29.9 Å². The van der Waals surface area contributed by atoms with Gasteiger partial charge >= 0.3 is 0 Å². The number of nitrogens with zero attached hydrogens (tertiary/aromatic N) is 1. The molecule has 0 aliphatic heterocycles. The van der Waals surface area contributed by atoms with E-state index in [1.54, 1.807) is 7.11 Å². The number of aryl methyl sites for hydroxylation is 1. The molecular formula is C18H30IN3O. The van der Waals surface area contributed by atoms with E-state index < -0.39 is 0 Å². The molecule has 0 aliphatic carbocycles. The van der Waals surface area contributed by atoms with E-state index in [-0.39, 0.29) is 24.0 Å². The standard InChI is InChI=1S/C18H29N3O.HI/c1-4-5-7-14-20-18(19-2)21-15-8-6-9-16-10-12-17(22-3)13-11-16;/h4-5,10-13H,6-9,14-15H2,1-3H3,(H2,19,20,21);1H/b5-4+;. The fourth-order valence-corrected chi connectivity index (χ4v) is 2.11. The maximum absolute atomic E-state index is 5.16.